The van der Waals surface area contributed by atoms with E-state index >= 15 is 0 Å². The van der Waals surface area contributed by atoms with Gasteiger partial charge in [0.1, 0.15) is 0 Å². The molecule has 1 N–H and O–H groups in total. The van der Waals surface area contributed by atoms with E-state index in [2.05, 4.69) is 5.32 Å². The summed E-state index contributed by atoms with van der Waals surface area (Å²) in [7, 11) is 0. The van der Waals surface area contributed by atoms with Gasteiger partial charge in [0, 0.05) is 19.6 Å². The summed E-state index contributed by atoms with van der Waals surface area (Å²) in [6.45, 7) is 4.26. The number of carbonyl (C=O) groups is 2. The number of carbonyl (C=O) groups excluding carboxylic acids is 2. The molecular weight excluding hydrogens is 261 g/mol. The van der Waals surface area contributed by atoms with E-state index in [4.69, 9.17) is 0 Å². The minimum atomic E-state index is -4.86. The molecule has 0 saturated carbocycles. The number of piperidine rings is 1. The maximum Gasteiger partial charge on any atom is 0.471 e. The van der Waals surface area contributed by atoms with Gasteiger partial charge in [-0.15, -0.1) is 0 Å². The fourth-order valence-corrected chi connectivity index (χ4v) is 2.00. The Morgan fingerprint density at radius 1 is 1.37 bits per heavy atom. The van der Waals surface area contributed by atoms with E-state index in [1.54, 1.807) is 0 Å². The van der Waals surface area contributed by atoms with Crippen molar-refractivity contribution in [1.82, 2.24) is 10.2 Å². The number of nitrogens with one attached hydrogen (secondary N) is 1. The third-order valence-corrected chi connectivity index (χ3v) is 3.01. The van der Waals surface area contributed by atoms with Gasteiger partial charge in [-0.05, 0) is 18.8 Å². The van der Waals surface area contributed by atoms with Gasteiger partial charge in [0.2, 0.25) is 5.91 Å². The van der Waals surface area contributed by atoms with Crippen LogP contribution in [0.3, 0.4) is 0 Å². The summed E-state index contributed by atoms with van der Waals surface area (Å²) < 4.78 is 37.0. The van der Waals surface area contributed by atoms with Gasteiger partial charge >= 0.3 is 12.1 Å². The maximum atomic E-state index is 12.3. The quantitative estimate of drug-likeness (QED) is 0.853. The molecule has 7 heteroatoms. The average Bonchev–Trinajstić information content (AvgIpc) is 2.34. The van der Waals surface area contributed by atoms with Crippen molar-refractivity contribution in [3.05, 3.63) is 0 Å². The Hall–Kier alpha value is -1.27. The van der Waals surface area contributed by atoms with Gasteiger partial charge in [-0.2, -0.15) is 13.2 Å². The number of rotatable bonds is 3. The smallest absolute Gasteiger partial charge is 0.356 e. The summed E-state index contributed by atoms with van der Waals surface area (Å²) in [5, 5.41) is 2.69. The second-order valence-electron chi connectivity index (χ2n) is 5.23. The lowest BCUT2D eigenvalue weighted by atomic mass is 9.97. The number of hydrogen-bond donors (Lipinski definition) is 1. The molecule has 1 aliphatic rings. The molecule has 2 amide bonds. The monoisotopic (exact) mass is 280 g/mol. The molecule has 0 spiro atoms. The summed E-state index contributed by atoms with van der Waals surface area (Å²) in [5.74, 6) is -2.39. The van der Waals surface area contributed by atoms with Crippen molar-refractivity contribution in [2.75, 3.05) is 19.6 Å². The van der Waals surface area contributed by atoms with Crippen LogP contribution in [0.5, 0.6) is 0 Å². The second-order valence-corrected chi connectivity index (χ2v) is 5.23. The Morgan fingerprint density at radius 3 is 2.53 bits per heavy atom. The van der Waals surface area contributed by atoms with Crippen molar-refractivity contribution in [1.29, 1.82) is 0 Å². The van der Waals surface area contributed by atoms with Gasteiger partial charge in [-0.1, -0.05) is 13.8 Å². The zero-order valence-electron chi connectivity index (χ0n) is 11.1. The first-order valence-electron chi connectivity index (χ1n) is 6.35. The van der Waals surface area contributed by atoms with Crippen molar-refractivity contribution in [2.24, 2.45) is 11.8 Å². The Kier molecular flexibility index (Phi) is 5.20. The molecule has 0 aromatic carbocycles. The van der Waals surface area contributed by atoms with Crippen LogP contribution >= 0.6 is 0 Å². The molecule has 4 nitrogen and oxygen atoms in total. The molecule has 0 aliphatic carbocycles. The van der Waals surface area contributed by atoms with Crippen molar-refractivity contribution < 1.29 is 22.8 Å². The molecule has 1 heterocycles. The highest BCUT2D eigenvalue weighted by Gasteiger charge is 2.44. The molecule has 1 unspecified atom stereocenters. The normalized spacial score (nSPS) is 20.5. The SMILES string of the molecule is CC(C)CNC(=O)C1CCCN(C(=O)C(F)(F)F)C1. The van der Waals surface area contributed by atoms with Crippen LogP contribution in [0.15, 0.2) is 0 Å². The first-order chi connectivity index (χ1) is 8.71. The first-order valence-corrected chi connectivity index (χ1v) is 6.35. The largest absolute Gasteiger partial charge is 0.471 e. The zero-order valence-corrected chi connectivity index (χ0v) is 11.1. The minimum absolute atomic E-state index is 0.0618. The molecule has 0 aromatic heterocycles. The van der Waals surface area contributed by atoms with Crippen LogP contribution in [0.25, 0.3) is 0 Å². The van der Waals surface area contributed by atoms with Crippen molar-refractivity contribution >= 4 is 11.8 Å². The summed E-state index contributed by atoms with van der Waals surface area (Å²) in [6.07, 6.45) is -3.93. The van der Waals surface area contributed by atoms with E-state index in [-0.39, 0.29) is 24.9 Å². The van der Waals surface area contributed by atoms with Crippen molar-refractivity contribution in [3.8, 4) is 0 Å². The Bertz CT molecular complexity index is 342. The van der Waals surface area contributed by atoms with Gasteiger partial charge < -0.3 is 10.2 Å². The van der Waals surface area contributed by atoms with E-state index in [0.717, 1.165) is 4.90 Å². The topological polar surface area (TPSA) is 49.4 Å². The summed E-state index contributed by atoms with van der Waals surface area (Å²) in [6, 6.07) is 0. The van der Waals surface area contributed by atoms with Gasteiger partial charge in [0.25, 0.3) is 0 Å². The van der Waals surface area contributed by atoms with Crippen LogP contribution in [0.2, 0.25) is 0 Å². The summed E-state index contributed by atoms with van der Waals surface area (Å²) in [5.41, 5.74) is 0. The number of amides is 2. The Labute approximate surface area is 110 Å². The molecular formula is C12H19F3N2O2. The lowest BCUT2D eigenvalue weighted by molar-refractivity contribution is -0.187. The summed E-state index contributed by atoms with van der Waals surface area (Å²) in [4.78, 5) is 23.6. The number of nitrogens with zero attached hydrogens (tertiary/aromatic N) is 1. The van der Waals surface area contributed by atoms with E-state index in [1.807, 2.05) is 13.8 Å². The molecule has 110 valence electrons. The van der Waals surface area contributed by atoms with Gasteiger partial charge in [0.15, 0.2) is 0 Å². The summed E-state index contributed by atoms with van der Waals surface area (Å²) >= 11 is 0. The Balaban J connectivity index is 2.55. The lowest BCUT2D eigenvalue weighted by Crippen LogP contribution is -2.49. The molecule has 0 aromatic rings. The van der Waals surface area contributed by atoms with Crippen LogP contribution in [0.1, 0.15) is 26.7 Å². The highest BCUT2D eigenvalue weighted by molar-refractivity contribution is 5.84. The zero-order chi connectivity index (χ0) is 14.6. The number of likely N-dealkylation sites (tertiary alicyclic amines) is 1. The van der Waals surface area contributed by atoms with Crippen LogP contribution < -0.4 is 5.32 Å². The predicted molar refractivity (Wildman–Crippen MR) is 63.2 cm³/mol. The fraction of sp³-hybridized carbons (Fsp3) is 0.833. The molecule has 19 heavy (non-hydrogen) atoms. The van der Waals surface area contributed by atoms with Crippen molar-refractivity contribution in [2.45, 2.75) is 32.9 Å². The highest BCUT2D eigenvalue weighted by atomic mass is 19.4. The molecule has 1 saturated heterocycles. The third kappa shape index (κ3) is 4.72. The van der Waals surface area contributed by atoms with Crippen LogP contribution in [-0.4, -0.2) is 42.5 Å². The second kappa shape index (κ2) is 6.25. The van der Waals surface area contributed by atoms with Crippen LogP contribution in [-0.2, 0) is 9.59 Å². The lowest BCUT2D eigenvalue weighted by Gasteiger charge is -2.32. The van der Waals surface area contributed by atoms with Gasteiger partial charge in [-0.25, -0.2) is 0 Å². The molecule has 1 fully saturated rings. The van der Waals surface area contributed by atoms with Crippen LogP contribution in [0.4, 0.5) is 13.2 Å². The first kappa shape index (κ1) is 15.8. The number of alkyl halides is 3. The predicted octanol–water partition coefficient (Wildman–Crippen LogP) is 1.56. The average molecular weight is 280 g/mol. The van der Waals surface area contributed by atoms with E-state index < -0.39 is 18.0 Å². The molecule has 1 rings (SSSR count). The van der Waals surface area contributed by atoms with Crippen LogP contribution in [0, 0.1) is 11.8 Å². The number of hydrogen-bond acceptors (Lipinski definition) is 2. The molecule has 0 bridgehead atoms. The van der Waals surface area contributed by atoms with Crippen molar-refractivity contribution in [3.63, 3.8) is 0 Å². The van der Waals surface area contributed by atoms with E-state index in [1.165, 1.54) is 0 Å². The minimum Gasteiger partial charge on any atom is -0.356 e. The van der Waals surface area contributed by atoms with E-state index in [0.29, 0.717) is 19.4 Å². The fourth-order valence-electron chi connectivity index (χ4n) is 2.00. The molecule has 0 radical (unpaired) electrons. The number of halogens is 3. The Morgan fingerprint density at radius 2 is 2.00 bits per heavy atom. The maximum absolute atomic E-state index is 12.3. The van der Waals surface area contributed by atoms with E-state index in [9.17, 15) is 22.8 Å². The third-order valence-electron chi connectivity index (χ3n) is 3.01. The van der Waals surface area contributed by atoms with Gasteiger partial charge in [-0.3, -0.25) is 9.59 Å². The molecule has 1 atom stereocenters. The standard InChI is InChI=1S/C12H19F3N2O2/c1-8(2)6-16-10(18)9-4-3-5-17(7-9)11(19)12(13,14)15/h8-9H,3-7H2,1-2H3,(H,16,18). The highest BCUT2D eigenvalue weighted by Crippen LogP contribution is 2.23. The molecule has 1 aliphatic heterocycles. The van der Waals surface area contributed by atoms with Gasteiger partial charge in [0.05, 0.1) is 5.92 Å².